The molecule has 0 fully saturated rings. The summed E-state index contributed by atoms with van der Waals surface area (Å²) in [5.41, 5.74) is 2.51. The van der Waals surface area contributed by atoms with Crippen molar-refractivity contribution in [1.82, 2.24) is 15.5 Å². The predicted molar refractivity (Wildman–Crippen MR) is 115 cm³/mol. The Labute approximate surface area is 165 Å². The number of aliphatic imine (C=N–C) groups is 1. The number of benzene rings is 1. The second kappa shape index (κ2) is 12.0. The van der Waals surface area contributed by atoms with Gasteiger partial charge < -0.3 is 10.6 Å². The molecule has 0 bridgehead atoms. The average Bonchev–Trinajstić information content (AvgIpc) is 2.63. The Morgan fingerprint density at radius 2 is 1.78 bits per heavy atom. The summed E-state index contributed by atoms with van der Waals surface area (Å²) in [6.45, 7) is 12.7. The standard InChI is InChI=1S/C20H36N4O2S/c1-6-21-20(23-17(4)13-14-27(5,25)26)22-15-18-11-9-10-12-19(18)16-24(7-2)8-3/h9-12,17H,6-8,13-16H2,1-5H3,(H2,21,22,23). The van der Waals surface area contributed by atoms with Crippen LogP contribution in [0.15, 0.2) is 29.3 Å². The highest BCUT2D eigenvalue weighted by molar-refractivity contribution is 7.90. The summed E-state index contributed by atoms with van der Waals surface area (Å²) in [7, 11) is -2.95. The summed E-state index contributed by atoms with van der Waals surface area (Å²) < 4.78 is 22.7. The summed E-state index contributed by atoms with van der Waals surface area (Å²) in [4.78, 5) is 7.10. The number of nitrogens with zero attached hydrogens (tertiary/aromatic N) is 2. The van der Waals surface area contributed by atoms with Crippen molar-refractivity contribution in [1.29, 1.82) is 0 Å². The van der Waals surface area contributed by atoms with Crippen LogP contribution in [0, 0.1) is 0 Å². The summed E-state index contributed by atoms with van der Waals surface area (Å²) in [5.74, 6) is 0.893. The summed E-state index contributed by atoms with van der Waals surface area (Å²) in [5, 5.41) is 6.55. The molecule has 154 valence electrons. The van der Waals surface area contributed by atoms with Gasteiger partial charge in [-0.3, -0.25) is 4.90 Å². The maximum Gasteiger partial charge on any atom is 0.191 e. The maximum atomic E-state index is 11.4. The Morgan fingerprint density at radius 1 is 1.15 bits per heavy atom. The van der Waals surface area contributed by atoms with E-state index in [4.69, 9.17) is 4.99 Å². The van der Waals surface area contributed by atoms with Crippen LogP contribution in [0.4, 0.5) is 0 Å². The average molecular weight is 397 g/mol. The van der Waals surface area contributed by atoms with E-state index in [2.05, 4.69) is 47.6 Å². The lowest BCUT2D eigenvalue weighted by atomic mass is 10.1. The fourth-order valence-corrected chi connectivity index (χ4v) is 3.52. The highest BCUT2D eigenvalue weighted by Gasteiger charge is 2.10. The van der Waals surface area contributed by atoms with E-state index >= 15 is 0 Å². The number of sulfone groups is 1. The van der Waals surface area contributed by atoms with Crippen molar-refractivity contribution >= 4 is 15.8 Å². The molecule has 0 saturated heterocycles. The highest BCUT2D eigenvalue weighted by Crippen LogP contribution is 2.13. The zero-order chi connectivity index (χ0) is 20.3. The quantitative estimate of drug-likeness (QED) is 0.444. The summed E-state index contributed by atoms with van der Waals surface area (Å²) in [6, 6.07) is 8.44. The van der Waals surface area contributed by atoms with Gasteiger partial charge in [-0.05, 0) is 44.5 Å². The van der Waals surface area contributed by atoms with E-state index in [9.17, 15) is 8.42 Å². The van der Waals surface area contributed by atoms with E-state index < -0.39 is 9.84 Å². The molecule has 1 atom stereocenters. The molecule has 1 rings (SSSR count). The van der Waals surface area contributed by atoms with Crippen molar-refractivity contribution in [3.05, 3.63) is 35.4 Å². The minimum atomic E-state index is -2.95. The third-order valence-corrected chi connectivity index (χ3v) is 5.44. The van der Waals surface area contributed by atoms with Gasteiger partial charge in [0.1, 0.15) is 9.84 Å². The van der Waals surface area contributed by atoms with Crippen LogP contribution < -0.4 is 10.6 Å². The van der Waals surface area contributed by atoms with E-state index in [1.807, 2.05) is 19.9 Å². The van der Waals surface area contributed by atoms with Gasteiger partial charge in [0, 0.05) is 25.4 Å². The van der Waals surface area contributed by atoms with E-state index in [1.165, 1.54) is 17.4 Å². The largest absolute Gasteiger partial charge is 0.357 e. The Bertz CT molecular complexity index is 685. The Balaban J connectivity index is 2.80. The molecular formula is C20H36N4O2S. The van der Waals surface area contributed by atoms with Gasteiger partial charge in [0.05, 0.1) is 12.3 Å². The first-order valence-electron chi connectivity index (χ1n) is 9.80. The lowest BCUT2D eigenvalue weighted by Gasteiger charge is -2.20. The van der Waals surface area contributed by atoms with E-state index in [-0.39, 0.29) is 11.8 Å². The van der Waals surface area contributed by atoms with E-state index in [0.29, 0.717) is 13.0 Å². The second-order valence-electron chi connectivity index (χ2n) is 6.89. The van der Waals surface area contributed by atoms with Gasteiger partial charge in [-0.25, -0.2) is 13.4 Å². The zero-order valence-electron chi connectivity index (χ0n) is 17.5. The maximum absolute atomic E-state index is 11.4. The number of rotatable bonds is 11. The third-order valence-electron chi connectivity index (χ3n) is 4.46. The van der Waals surface area contributed by atoms with Crippen LogP contribution in [0.5, 0.6) is 0 Å². The smallest absolute Gasteiger partial charge is 0.191 e. The second-order valence-corrected chi connectivity index (χ2v) is 9.15. The van der Waals surface area contributed by atoms with E-state index in [1.54, 1.807) is 0 Å². The van der Waals surface area contributed by atoms with Crippen molar-refractivity contribution in [2.75, 3.05) is 31.6 Å². The van der Waals surface area contributed by atoms with Crippen molar-refractivity contribution in [2.45, 2.75) is 53.2 Å². The van der Waals surface area contributed by atoms with Gasteiger partial charge in [-0.2, -0.15) is 0 Å². The van der Waals surface area contributed by atoms with Gasteiger partial charge in [-0.15, -0.1) is 0 Å². The van der Waals surface area contributed by atoms with E-state index in [0.717, 1.165) is 32.1 Å². The lowest BCUT2D eigenvalue weighted by Crippen LogP contribution is -2.42. The molecule has 0 amide bonds. The van der Waals surface area contributed by atoms with Gasteiger partial charge in [0.25, 0.3) is 0 Å². The first kappa shape index (κ1) is 23.4. The summed E-state index contributed by atoms with van der Waals surface area (Å²) >= 11 is 0. The Morgan fingerprint density at radius 3 is 2.33 bits per heavy atom. The molecule has 1 unspecified atom stereocenters. The van der Waals surface area contributed by atoms with Gasteiger partial charge in [0.2, 0.25) is 0 Å². The molecular weight excluding hydrogens is 360 g/mol. The topological polar surface area (TPSA) is 73.8 Å². The molecule has 7 heteroatoms. The first-order valence-corrected chi connectivity index (χ1v) is 11.9. The zero-order valence-corrected chi connectivity index (χ0v) is 18.3. The van der Waals surface area contributed by atoms with Crippen LogP contribution in [0.2, 0.25) is 0 Å². The molecule has 0 spiro atoms. The molecule has 27 heavy (non-hydrogen) atoms. The molecule has 0 radical (unpaired) electrons. The fourth-order valence-electron chi connectivity index (χ4n) is 2.73. The highest BCUT2D eigenvalue weighted by atomic mass is 32.2. The van der Waals surface area contributed by atoms with Crippen LogP contribution in [-0.2, 0) is 22.9 Å². The molecule has 1 aromatic carbocycles. The molecule has 1 aromatic rings. The van der Waals surface area contributed by atoms with Gasteiger partial charge in [-0.1, -0.05) is 38.1 Å². The number of hydrogen-bond acceptors (Lipinski definition) is 4. The minimum Gasteiger partial charge on any atom is -0.357 e. The van der Waals surface area contributed by atoms with Crippen molar-refractivity contribution in [3.63, 3.8) is 0 Å². The van der Waals surface area contributed by atoms with Crippen LogP contribution in [0.3, 0.4) is 0 Å². The SMILES string of the molecule is CCNC(=NCc1ccccc1CN(CC)CC)NC(C)CCS(C)(=O)=O. The third kappa shape index (κ3) is 9.77. The van der Waals surface area contributed by atoms with Crippen molar-refractivity contribution in [3.8, 4) is 0 Å². The van der Waals surface area contributed by atoms with Gasteiger partial charge in [0.15, 0.2) is 5.96 Å². The molecule has 0 saturated carbocycles. The molecule has 0 aliphatic carbocycles. The number of guanidine groups is 1. The normalized spacial score (nSPS) is 13.6. The Kier molecular flexibility index (Phi) is 10.4. The number of nitrogens with one attached hydrogen (secondary N) is 2. The van der Waals surface area contributed by atoms with Crippen LogP contribution in [0.25, 0.3) is 0 Å². The molecule has 0 heterocycles. The first-order chi connectivity index (χ1) is 12.8. The summed E-state index contributed by atoms with van der Waals surface area (Å²) in [6.07, 6.45) is 1.83. The monoisotopic (exact) mass is 396 g/mol. The van der Waals surface area contributed by atoms with Crippen molar-refractivity contribution < 1.29 is 8.42 Å². The predicted octanol–water partition coefficient (Wildman–Crippen LogP) is 2.41. The van der Waals surface area contributed by atoms with Crippen molar-refractivity contribution in [2.24, 2.45) is 4.99 Å². The molecule has 2 N–H and O–H groups in total. The Hall–Kier alpha value is -1.60. The number of hydrogen-bond donors (Lipinski definition) is 2. The van der Waals surface area contributed by atoms with Crippen LogP contribution in [-0.4, -0.2) is 57.0 Å². The lowest BCUT2D eigenvalue weighted by molar-refractivity contribution is 0.295. The minimum absolute atomic E-state index is 0.0310. The van der Waals surface area contributed by atoms with Crippen LogP contribution in [0.1, 0.15) is 45.2 Å². The molecule has 0 aliphatic rings. The van der Waals surface area contributed by atoms with Gasteiger partial charge >= 0.3 is 0 Å². The fraction of sp³-hybridized carbons (Fsp3) is 0.650. The molecule has 0 aromatic heterocycles. The molecule has 6 nitrogen and oxygen atoms in total. The van der Waals surface area contributed by atoms with Crippen LogP contribution >= 0.6 is 0 Å². The molecule has 0 aliphatic heterocycles.